The van der Waals surface area contributed by atoms with E-state index in [1.54, 1.807) is 13.3 Å². The number of carbonyl (C=O) groups is 1. The van der Waals surface area contributed by atoms with Gasteiger partial charge in [-0.3, -0.25) is 9.78 Å². The number of aryl methyl sites for hydroxylation is 1. The molecule has 30 heavy (non-hydrogen) atoms. The molecule has 2 unspecified atom stereocenters. The molecular formula is C22H23N5O2S. The number of benzene rings is 1. The first-order valence-corrected chi connectivity index (χ1v) is 9.98. The molecule has 2 atom stereocenters. The fraction of sp³-hybridized carbons (Fsp3) is 0.227. The Labute approximate surface area is 180 Å². The number of thiocarbonyl (C=S) groups is 1. The largest absolute Gasteiger partial charge is 0.495 e. The third-order valence-electron chi connectivity index (χ3n) is 5.16. The minimum absolute atomic E-state index is 0.119. The topological polar surface area (TPSA) is 71.4 Å². The molecule has 3 aromatic rings. The molecule has 2 aromatic heterocycles. The lowest BCUT2D eigenvalue weighted by Crippen LogP contribution is -2.30. The number of hydrogen-bond acceptors (Lipinski definition) is 4. The van der Waals surface area contributed by atoms with Gasteiger partial charge in [-0.2, -0.15) is 0 Å². The molecule has 4 rings (SSSR count). The quantitative estimate of drug-likeness (QED) is 0.614. The maximum absolute atomic E-state index is 11.7. The van der Waals surface area contributed by atoms with Crippen molar-refractivity contribution >= 4 is 34.6 Å². The Morgan fingerprint density at radius 2 is 2.07 bits per heavy atom. The third-order valence-corrected chi connectivity index (χ3v) is 5.47. The second-order valence-corrected chi connectivity index (χ2v) is 7.49. The summed E-state index contributed by atoms with van der Waals surface area (Å²) in [6.45, 7) is 1.47. The van der Waals surface area contributed by atoms with Crippen molar-refractivity contribution in [1.29, 1.82) is 0 Å². The average molecular weight is 422 g/mol. The summed E-state index contributed by atoms with van der Waals surface area (Å²) in [4.78, 5) is 18.3. The number of nitrogens with zero attached hydrogens (tertiary/aromatic N) is 3. The summed E-state index contributed by atoms with van der Waals surface area (Å²) in [7, 11) is 3.59. The molecule has 1 aliphatic heterocycles. The fourth-order valence-corrected chi connectivity index (χ4v) is 4.19. The van der Waals surface area contributed by atoms with Crippen LogP contribution in [0.2, 0.25) is 0 Å². The van der Waals surface area contributed by atoms with Gasteiger partial charge >= 0.3 is 0 Å². The monoisotopic (exact) mass is 421 g/mol. The van der Waals surface area contributed by atoms with E-state index in [0.29, 0.717) is 16.5 Å². The standard InChI is InChI=1S/C22H23N5O2S/c1-14(28)24-17-13-15(9-10-19(17)29-3)27-21(18-8-6-12-26(18)2)20(25-22(27)30)16-7-4-5-11-23-16/h4-13,20-21H,1-3H3,(H,24,28)(H,25,30). The van der Waals surface area contributed by atoms with E-state index in [9.17, 15) is 4.79 Å². The summed E-state index contributed by atoms with van der Waals surface area (Å²) in [6, 6.07) is 15.4. The molecule has 7 nitrogen and oxygen atoms in total. The Morgan fingerprint density at radius 1 is 1.23 bits per heavy atom. The number of methoxy groups -OCH3 is 1. The molecular weight excluding hydrogens is 398 g/mol. The zero-order chi connectivity index (χ0) is 21.3. The highest BCUT2D eigenvalue weighted by Crippen LogP contribution is 2.43. The van der Waals surface area contributed by atoms with E-state index in [-0.39, 0.29) is 18.0 Å². The molecule has 2 N–H and O–H groups in total. The summed E-state index contributed by atoms with van der Waals surface area (Å²) in [6.07, 6.45) is 3.80. The lowest BCUT2D eigenvalue weighted by atomic mass is 10.0. The van der Waals surface area contributed by atoms with Gasteiger partial charge in [-0.25, -0.2) is 0 Å². The number of nitrogens with one attached hydrogen (secondary N) is 2. The minimum atomic E-state index is -0.169. The van der Waals surface area contributed by atoms with Crippen molar-refractivity contribution in [2.45, 2.75) is 19.0 Å². The molecule has 1 fully saturated rings. The number of hydrogen-bond donors (Lipinski definition) is 2. The van der Waals surface area contributed by atoms with Crippen LogP contribution in [-0.4, -0.2) is 27.7 Å². The second kappa shape index (κ2) is 8.16. The van der Waals surface area contributed by atoms with E-state index in [0.717, 1.165) is 17.1 Å². The van der Waals surface area contributed by atoms with E-state index in [2.05, 4.69) is 31.2 Å². The SMILES string of the molecule is COc1ccc(N2C(=S)NC(c3ccccn3)C2c2cccn2C)cc1NC(C)=O. The van der Waals surface area contributed by atoms with Crippen molar-refractivity contribution in [3.63, 3.8) is 0 Å². The molecule has 0 aliphatic carbocycles. The molecule has 8 heteroatoms. The summed E-state index contributed by atoms with van der Waals surface area (Å²) < 4.78 is 7.49. The van der Waals surface area contributed by atoms with Gasteiger partial charge in [-0.15, -0.1) is 0 Å². The van der Waals surface area contributed by atoms with Crippen molar-refractivity contribution in [3.8, 4) is 5.75 Å². The van der Waals surface area contributed by atoms with Crippen LogP contribution in [0.1, 0.15) is 30.4 Å². The molecule has 0 saturated carbocycles. The number of anilines is 2. The van der Waals surface area contributed by atoms with Crippen LogP contribution < -0.4 is 20.3 Å². The molecule has 1 saturated heterocycles. The van der Waals surface area contributed by atoms with Crippen LogP contribution in [0.5, 0.6) is 5.75 Å². The summed E-state index contributed by atoms with van der Waals surface area (Å²) in [5.41, 5.74) is 3.44. The second-order valence-electron chi connectivity index (χ2n) is 7.11. The Balaban J connectivity index is 1.82. The fourth-order valence-electron chi connectivity index (χ4n) is 3.85. The van der Waals surface area contributed by atoms with Gasteiger partial charge in [0.15, 0.2) is 5.11 Å². The summed E-state index contributed by atoms with van der Waals surface area (Å²) in [5, 5.41) is 6.86. The lowest BCUT2D eigenvalue weighted by Gasteiger charge is -2.29. The Kier molecular flexibility index (Phi) is 5.41. The highest BCUT2D eigenvalue weighted by atomic mass is 32.1. The molecule has 1 aliphatic rings. The van der Waals surface area contributed by atoms with Crippen LogP contribution in [0.3, 0.4) is 0 Å². The van der Waals surface area contributed by atoms with Gasteiger partial charge in [0, 0.05) is 37.7 Å². The Hall–Kier alpha value is -3.39. The van der Waals surface area contributed by atoms with Gasteiger partial charge in [0.2, 0.25) is 5.91 Å². The first kappa shape index (κ1) is 19.9. The van der Waals surface area contributed by atoms with Gasteiger partial charge < -0.3 is 24.8 Å². The normalized spacial score (nSPS) is 18.2. The number of rotatable bonds is 5. The van der Waals surface area contributed by atoms with Crippen molar-refractivity contribution in [2.24, 2.45) is 7.05 Å². The Morgan fingerprint density at radius 3 is 2.70 bits per heavy atom. The number of pyridine rings is 1. The van der Waals surface area contributed by atoms with Gasteiger partial charge in [0.05, 0.1) is 24.5 Å². The summed E-state index contributed by atoms with van der Waals surface area (Å²) in [5.74, 6) is 0.418. The van der Waals surface area contributed by atoms with Crippen molar-refractivity contribution in [1.82, 2.24) is 14.9 Å². The minimum Gasteiger partial charge on any atom is -0.495 e. The van der Waals surface area contributed by atoms with Gasteiger partial charge in [-0.1, -0.05) is 6.07 Å². The van der Waals surface area contributed by atoms with Gasteiger partial charge in [0.25, 0.3) is 0 Å². The van der Waals surface area contributed by atoms with Crippen LogP contribution in [0, 0.1) is 0 Å². The smallest absolute Gasteiger partial charge is 0.221 e. The average Bonchev–Trinajstić information content (AvgIpc) is 3.30. The third kappa shape index (κ3) is 3.61. The van der Waals surface area contributed by atoms with Crippen LogP contribution >= 0.6 is 12.2 Å². The number of amides is 1. The molecule has 0 bridgehead atoms. The van der Waals surface area contributed by atoms with Crippen LogP contribution in [0.4, 0.5) is 11.4 Å². The van der Waals surface area contributed by atoms with Gasteiger partial charge in [-0.05, 0) is 54.7 Å². The van der Waals surface area contributed by atoms with E-state index < -0.39 is 0 Å². The van der Waals surface area contributed by atoms with Gasteiger partial charge in [0.1, 0.15) is 11.8 Å². The van der Waals surface area contributed by atoms with Crippen LogP contribution in [0.25, 0.3) is 0 Å². The van der Waals surface area contributed by atoms with Crippen molar-refractivity contribution in [2.75, 3.05) is 17.3 Å². The lowest BCUT2D eigenvalue weighted by molar-refractivity contribution is -0.114. The molecule has 154 valence electrons. The molecule has 1 aromatic carbocycles. The van der Waals surface area contributed by atoms with Crippen molar-refractivity contribution in [3.05, 3.63) is 72.3 Å². The van der Waals surface area contributed by atoms with E-state index >= 15 is 0 Å². The highest BCUT2D eigenvalue weighted by molar-refractivity contribution is 7.80. The Bertz CT molecular complexity index is 1080. The molecule has 1 amide bonds. The molecule has 3 heterocycles. The summed E-state index contributed by atoms with van der Waals surface area (Å²) >= 11 is 5.75. The number of aromatic nitrogens is 2. The van der Waals surface area contributed by atoms with Crippen LogP contribution in [0.15, 0.2) is 60.9 Å². The maximum atomic E-state index is 11.7. The maximum Gasteiger partial charge on any atom is 0.221 e. The number of ether oxygens (including phenoxy) is 1. The first-order chi connectivity index (χ1) is 14.5. The highest BCUT2D eigenvalue weighted by Gasteiger charge is 2.41. The van der Waals surface area contributed by atoms with E-state index in [4.69, 9.17) is 17.0 Å². The zero-order valence-electron chi connectivity index (χ0n) is 17.0. The van der Waals surface area contributed by atoms with E-state index in [1.807, 2.05) is 55.7 Å². The predicted molar refractivity (Wildman–Crippen MR) is 121 cm³/mol. The first-order valence-electron chi connectivity index (χ1n) is 9.57. The van der Waals surface area contributed by atoms with Crippen molar-refractivity contribution < 1.29 is 9.53 Å². The molecule has 0 spiro atoms. The zero-order valence-corrected chi connectivity index (χ0v) is 17.8. The van der Waals surface area contributed by atoms with E-state index in [1.165, 1.54) is 6.92 Å². The van der Waals surface area contributed by atoms with Crippen LogP contribution in [-0.2, 0) is 11.8 Å². The molecule has 0 radical (unpaired) electrons. The predicted octanol–water partition coefficient (Wildman–Crippen LogP) is 3.56. The number of carbonyl (C=O) groups excluding carboxylic acids is 1.